The Labute approximate surface area is 142 Å². The highest BCUT2D eigenvalue weighted by Gasteiger charge is 2.30. The fourth-order valence-electron chi connectivity index (χ4n) is 2.77. The molecule has 0 radical (unpaired) electrons. The first-order valence-electron chi connectivity index (χ1n) is 7.75. The van der Waals surface area contributed by atoms with Gasteiger partial charge in [0.1, 0.15) is 0 Å². The molecule has 130 valence electrons. The second-order valence-electron chi connectivity index (χ2n) is 5.66. The van der Waals surface area contributed by atoms with E-state index in [2.05, 4.69) is 0 Å². The van der Waals surface area contributed by atoms with Gasteiger partial charge in [-0.1, -0.05) is 18.2 Å². The third kappa shape index (κ3) is 3.24. The van der Waals surface area contributed by atoms with Gasteiger partial charge < -0.3 is 9.30 Å². The van der Waals surface area contributed by atoms with Gasteiger partial charge in [-0.25, -0.2) is 4.79 Å². The highest BCUT2D eigenvalue weighted by atomic mass is 19.4. The van der Waals surface area contributed by atoms with Crippen LogP contribution in [0.5, 0.6) is 0 Å². The zero-order valence-electron chi connectivity index (χ0n) is 13.7. The van der Waals surface area contributed by atoms with Crippen molar-refractivity contribution in [2.75, 3.05) is 6.61 Å². The molecule has 3 aromatic rings. The molecule has 0 fully saturated rings. The standard InChI is InChI=1S/C19H16F3NO2/c1-3-25-18(24)13-6-4-12(5-7-13)16-10-14-8-9-15(19(20,21)22)11-17(14)23(16)2/h4-11H,3H2,1-2H3. The molecule has 0 saturated heterocycles. The summed E-state index contributed by atoms with van der Waals surface area (Å²) in [6.45, 7) is 2.03. The van der Waals surface area contributed by atoms with Crippen molar-refractivity contribution in [1.29, 1.82) is 0 Å². The van der Waals surface area contributed by atoms with Crippen molar-refractivity contribution >= 4 is 16.9 Å². The van der Waals surface area contributed by atoms with Crippen LogP contribution in [0.4, 0.5) is 13.2 Å². The average Bonchev–Trinajstić information content (AvgIpc) is 2.91. The van der Waals surface area contributed by atoms with E-state index < -0.39 is 17.7 Å². The molecule has 1 aromatic heterocycles. The molecule has 0 bridgehead atoms. The van der Waals surface area contributed by atoms with Crippen molar-refractivity contribution < 1.29 is 22.7 Å². The van der Waals surface area contributed by atoms with E-state index in [9.17, 15) is 18.0 Å². The molecule has 0 atom stereocenters. The molecule has 0 amide bonds. The van der Waals surface area contributed by atoms with Crippen molar-refractivity contribution in [2.45, 2.75) is 13.1 Å². The summed E-state index contributed by atoms with van der Waals surface area (Å²) < 4.78 is 45.4. The maximum Gasteiger partial charge on any atom is 0.416 e. The van der Waals surface area contributed by atoms with Crippen LogP contribution in [0.3, 0.4) is 0 Å². The topological polar surface area (TPSA) is 31.2 Å². The summed E-state index contributed by atoms with van der Waals surface area (Å²) in [5.74, 6) is -0.402. The number of benzene rings is 2. The predicted octanol–water partition coefficient (Wildman–Crippen LogP) is 5.04. The number of hydrogen-bond acceptors (Lipinski definition) is 2. The summed E-state index contributed by atoms with van der Waals surface area (Å²) in [6, 6.07) is 12.3. The number of rotatable bonds is 3. The van der Waals surface area contributed by atoms with E-state index in [1.54, 1.807) is 42.8 Å². The third-order valence-corrected chi connectivity index (χ3v) is 4.06. The van der Waals surface area contributed by atoms with Gasteiger partial charge in [-0.2, -0.15) is 13.2 Å². The number of fused-ring (bicyclic) bond motifs is 1. The van der Waals surface area contributed by atoms with Gasteiger partial charge in [0.2, 0.25) is 0 Å². The van der Waals surface area contributed by atoms with Crippen LogP contribution in [0, 0.1) is 0 Å². The van der Waals surface area contributed by atoms with Crippen molar-refractivity contribution in [3.63, 3.8) is 0 Å². The molecule has 0 N–H and O–H groups in total. The van der Waals surface area contributed by atoms with E-state index in [4.69, 9.17) is 4.74 Å². The molecule has 0 spiro atoms. The number of carbonyl (C=O) groups is 1. The monoisotopic (exact) mass is 347 g/mol. The second kappa shape index (κ2) is 6.27. The first kappa shape index (κ1) is 17.1. The highest BCUT2D eigenvalue weighted by Crippen LogP contribution is 2.34. The fourth-order valence-corrected chi connectivity index (χ4v) is 2.77. The number of hydrogen-bond donors (Lipinski definition) is 0. The smallest absolute Gasteiger partial charge is 0.416 e. The lowest BCUT2D eigenvalue weighted by Crippen LogP contribution is -2.05. The molecule has 0 aliphatic heterocycles. The number of ether oxygens (including phenoxy) is 1. The lowest BCUT2D eigenvalue weighted by Gasteiger charge is -2.08. The maximum atomic E-state index is 12.9. The van der Waals surface area contributed by atoms with Crippen molar-refractivity contribution in [2.24, 2.45) is 7.05 Å². The summed E-state index contributed by atoms with van der Waals surface area (Å²) in [5.41, 5.74) is 1.83. The van der Waals surface area contributed by atoms with E-state index >= 15 is 0 Å². The van der Waals surface area contributed by atoms with Crippen LogP contribution in [-0.4, -0.2) is 17.1 Å². The number of aromatic nitrogens is 1. The van der Waals surface area contributed by atoms with Crippen LogP contribution in [-0.2, 0) is 18.0 Å². The Hall–Kier alpha value is -2.76. The van der Waals surface area contributed by atoms with Crippen LogP contribution < -0.4 is 0 Å². The molecule has 25 heavy (non-hydrogen) atoms. The van der Waals surface area contributed by atoms with Crippen LogP contribution in [0.15, 0.2) is 48.5 Å². The summed E-state index contributed by atoms with van der Waals surface area (Å²) in [6.07, 6.45) is -4.38. The molecule has 3 nitrogen and oxygen atoms in total. The van der Waals surface area contributed by atoms with E-state index in [1.807, 2.05) is 6.07 Å². The van der Waals surface area contributed by atoms with Gasteiger partial charge in [-0.15, -0.1) is 0 Å². The number of nitrogens with zero attached hydrogens (tertiary/aromatic N) is 1. The molecular formula is C19H16F3NO2. The highest BCUT2D eigenvalue weighted by molar-refractivity contribution is 5.91. The molecule has 2 aromatic carbocycles. The van der Waals surface area contributed by atoms with E-state index in [0.717, 1.165) is 28.8 Å². The predicted molar refractivity (Wildman–Crippen MR) is 89.3 cm³/mol. The largest absolute Gasteiger partial charge is 0.462 e. The minimum atomic E-state index is -4.38. The number of halogens is 3. The number of aryl methyl sites for hydroxylation is 1. The van der Waals surface area contributed by atoms with Gasteiger partial charge in [-0.05, 0) is 42.8 Å². The van der Waals surface area contributed by atoms with Crippen molar-refractivity contribution in [1.82, 2.24) is 4.57 Å². The zero-order valence-corrected chi connectivity index (χ0v) is 13.7. The molecule has 6 heteroatoms. The Morgan fingerprint density at radius 3 is 2.36 bits per heavy atom. The van der Waals surface area contributed by atoms with E-state index in [1.165, 1.54) is 6.07 Å². The Kier molecular flexibility index (Phi) is 4.29. The number of alkyl halides is 3. The first-order valence-corrected chi connectivity index (χ1v) is 7.75. The normalized spacial score (nSPS) is 11.7. The van der Waals surface area contributed by atoms with Crippen LogP contribution >= 0.6 is 0 Å². The quantitative estimate of drug-likeness (QED) is 0.622. The minimum absolute atomic E-state index is 0.297. The van der Waals surface area contributed by atoms with Gasteiger partial charge in [0, 0.05) is 23.6 Å². The van der Waals surface area contributed by atoms with Gasteiger partial charge in [0.15, 0.2) is 0 Å². The minimum Gasteiger partial charge on any atom is -0.462 e. The van der Waals surface area contributed by atoms with Crippen molar-refractivity contribution in [3.8, 4) is 11.3 Å². The summed E-state index contributed by atoms with van der Waals surface area (Å²) in [7, 11) is 1.72. The van der Waals surface area contributed by atoms with Crippen LogP contribution in [0.2, 0.25) is 0 Å². The fraction of sp³-hybridized carbons (Fsp3) is 0.211. The zero-order chi connectivity index (χ0) is 18.2. The number of carbonyl (C=O) groups excluding carboxylic acids is 1. The Bertz CT molecular complexity index is 924. The van der Waals surface area contributed by atoms with E-state index in [-0.39, 0.29) is 0 Å². The summed E-state index contributed by atoms with van der Waals surface area (Å²) >= 11 is 0. The van der Waals surface area contributed by atoms with Crippen molar-refractivity contribution in [3.05, 3.63) is 59.7 Å². The molecule has 0 saturated carbocycles. The summed E-state index contributed by atoms with van der Waals surface area (Å²) in [5, 5.41) is 0.722. The molecule has 1 heterocycles. The van der Waals surface area contributed by atoms with Crippen LogP contribution in [0.25, 0.3) is 22.2 Å². The van der Waals surface area contributed by atoms with Crippen LogP contribution in [0.1, 0.15) is 22.8 Å². The molecule has 0 unspecified atom stereocenters. The van der Waals surface area contributed by atoms with Gasteiger partial charge in [-0.3, -0.25) is 0 Å². The molecule has 0 aliphatic rings. The molecule has 3 rings (SSSR count). The van der Waals surface area contributed by atoms with Gasteiger partial charge in [0.25, 0.3) is 0 Å². The summed E-state index contributed by atoms with van der Waals surface area (Å²) in [4.78, 5) is 11.7. The molecular weight excluding hydrogens is 331 g/mol. The van der Waals surface area contributed by atoms with Gasteiger partial charge >= 0.3 is 12.1 Å². The lowest BCUT2D eigenvalue weighted by molar-refractivity contribution is -0.137. The van der Waals surface area contributed by atoms with Gasteiger partial charge in [0.05, 0.1) is 17.7 Å². The Balaban J connectivity index is 2.01. The Morgan fingerprint density at radius 1 is 1.08 bits per heavy atom. The lowest BCUT2D eigenvalue weighted by atomic mass is 10.1. The van der Waals surface area contributed by atoms with E-state index in [0.29, 0.717) is 17.7 Å². The first-order chi connectivity index (χ1) is 11.8. The maximum absolute atomic E-state index is 12.9. The number of esters is 1. The Morgan fingerprint density at radius 2 is 1.76 bits per heavy atom. The average molecular weight is 347 g/mol. The second-order valence-corrected chi connectivity index (χ2v) is 5.66. The molecule has 0 aliphatic carbocycles. The SMILES string of the molecule is CCOC(=O)c1ccc(-c2cc3ccc(C(F)(F)F)cc3n2C)cc1. The third-order valence-electron chi connectivity index (χ3n) is 4.06.